The average molecular weight is 353 g/mol. The zero-order valence-electron chi connectivity index (χ0n) is 14.1. The van der Waals surface area contributed by atoms with Gasteiger partial charge >= 0.3 is 0 Å². The molecule has 0 saturated heterocycles. The van der Waals surface area contributed by atoms with E-state index in [4.69, 9.17) is 9.47 Å². The monoisotopic (exact) mass is 353 g/mol. The summed E-state index contributed by atoms with van der Waals surface area (Å²) >= 11 is 0. The molecular weight excluding hydrogens is 334 g/mol. The van der Waals surface area contributed by atoms with Crippen molar-refractivity contribution in [3.8, 4) is 11.5 Å². The lowest BCUT2D eigenvalue weighted by molar-refractivity contribution is -0.116. The maximum atomic E-state index is 12.0. The van der Waals surface area contributed by atoms with Crippen molar-refractivity contribution in [2.45, 2.75) is 25.5 Å². The van der Waals surface area contributed by atoms with Crippen LogP contribution in [0.2, 0.25) is 0 Å². The molecule has 0 saturated carbocycles. The largest absolute Gasteiger partial charge is 0.485 e. The average Bonchev–Trinajstić information content (AvgIpc) is 3.33. The predicted octanol–water partition coefficient (Wildman–Crippen LogP) is 2.54. The molecular formula is C18H19N5O3. The van der Waals surface area contributed by atoms with Crippen molar-refractivity contribution in [3.63, 3.8) is 0 Å². The lowest BCUT2D eigenvalue weighted by Crippen LogP contribution is -2.22. The number of hydrogen-bond donors (Lipinski definition) is 2. The molecule has 8 heteroatoms. The molecule has 8 nitrogen and oxygen atoms in total. The van der Waals surface area contributed by atoms with Gasteiger partial charge in [0.05, 0.1) is 0 Å². The first-order chi connectivity index (χ1) is 12.8. The molecule has 0 spiro atoms. The van der Waals surface area contributed by atoms with Gasteiger partial charge in [0.25, 0.3) is 0 Å². The Bertz CT molecular complexity index is 875. The molecule has 3 aromatic rings. The van der Waals surface area contributed by atoms with Crippen molar-refractivity contribution in [2.75, 3.05) is 11.9 Å². The highest BCUT2D eigenvalue weighted by atomic mass is 16.6. The van der Waals surface area contributed by atoms with Crippen LogP contribution in [-0.4, -0.2) is 32.3 Å². The van der Waals surface area contributed by atoms with Crippen LogP contribution in [-0.2, 0) is 11.3 Å². The minimum Gasteiger partial charge on any atom is -0.485 e. The van der Waals surface area contributed by atoms with E-state index in [1.54, 1.807) is 0 Å². The number of aromatic amines is 1. The number of ether oxygens (including phenoxy) is 2. The summed E-state index contributed by atoms with van der Waals surface area (Å²) in [4.78, 5) is 16.3. The molecule has 1 aliphatic heterocycles. The predicted molar refractivity (Wildman–Crippen MR) is 94.0 cm³/mol. The van der Waals surface area contributed by atoms with Gasteiger partial charge in [-0.05, 0) is 30.7 Å². The van der Waals surface area contributed by atoms with Crippen LogP contribution in [0.15, 0.2) is 48.8 Å². The third kappa shape index (κ3) is 3.69. The number of carbonyl (C=O) groups is 1. The molecule has 1 amide bonds. The van der Waals surface area contributed by atoms with Crippen LogP contribution >= 0.6 is 0 Å². The van der Waals surface area contributed by atoms with Gasteiger partial charge in [-0.2, -0.15) is 4.98 Å². The fraction of sp³-hybridized carbons (Fsp3) is 0.278. The smallest absolute Gasteiger partial charge is 0.248 e. The van der Waals surface area contributed by atoms with Crippen LogP contribution in [0.1, 0.15) is 24.8 Å². The molecule has 1 aromatic carbocycles. The van der Waals surface area contributed by atoms with Crippen molar-refractivity contribution in [1.29, 1.82) is 0 Å². The number of fused-ring (bicyclic) bond motifs is 1. The molecule has 3 heterocycles. The third-order valence-corrected chi connectivity index (χ3v) is 4.05. The second-order valence-electron chi connectivity index (χ2n) is 5.98. The highest BCUT2D eigenvalue weighted by Crippen LogP contribution is 2.35. The summed E-state index contributed by atoms with van der Waals surface area (Å²) in [6.07, 6.45) is 4.71. The number of H-pyrrole nitrogens is 1. The number of nitrogens with one attached hydrogen (secondary N) is 2. The highest BCUT2D eigenvalue weighted by molar-refractivity contribution is 5.88. The van der Waals surface area contributed by atoms with Crippen molar-refractivity contribution >= 4 is 11.9 Å². The first kappa shape index (κ1) is 16.2. The molecule has 1 aliphatic rings. The Morgan fingerprint density at radius 2 is 2.04 bits per heavy atom. The van der Waals surface area contributed by atoms with Gasteiger partial charge in [0, 0.05) is 25.4 Å². The maximum absolute atomic E-state index is 12.0. The second-order valence-corrected chi connectivity index (χ2v) is 5.98. The number of aromatic nitrogens is 4. The minimum absolute atomic E-state index is 0.117. The number of nitrogens with zero attached hydrogens (tertiary/aromatic N) is 3. The standard InChI is InChI=1S/C18H19N5O3/c24-16(8-5-11-23-9-3-4-10-23)19-18-20-17(21-22-18)15-12-25-13-6-1-2-7-14(13)26-15/h1-4,6-7,9-10,15H,5,8,11-12H2,(H2,19,20,21,22,24)/t15-/m1/s1. The Morgan fingerprint density at radius 1 is 1.23 bits per heavy atom. The lowest BCUT2D eigenvalue weighted by Gasteiger charge is -2.24. The number of aryl methyl sites for hydroxylation is 1. The summed E-state index contributed by atoms with van der Waals surface area (Å²) < 4.78 is 13.6. The fourth-order valence-electron chi connectivity index (χ4n) is 2.76. The van der Waals surface area contributed by atoms with Crippen LogP contribution in [0.25, 0.3) is 0 Å². The van der Waals surface area contributed by atoms with Crippen molar-refractivity contribution in [1.82, 2.24) is 19.7 Å². The maximum Gasteiger partial charge on any atom is 0.248 e. The van der Waals surface area contributed by atoms with Crippen LogP contribution in [0, 0.1) is 0 Å². The van der Waals surface area contributed by atoms with E-state index < -0.39 is 6.10 Å². The van der Waals surface area contributed by atoms with Gasteiger partial charge in [0.15, 0.2) is 23.4 Å². The first-order valence-electron chi connectivity index (χ1n) is 8.49. The van der Waals surface area contributed by atoms with Crippen molar-refractivity contribution < 1.29 is 14.3 Å². The van der Waals surface area contributed by atoms with Crippen LogP contribution in [0.3, 0.4) is 0 Å². The lowest BCUT2D eigenvalue weighted by atomic mass is 10.2. The topological polar surface area (TPSA) is 94.1 Å². The number of hydrogen-bond acceptors (Lipinski definition) is 5. The van der Waals surface area contributed by atoms with Gasteiger partial charge in [-0.1, -0.05) is 12.1 Å². The summed E-state index contributed by atoms with van der Waals surface area (Å²) in [6.45, 7) is 1.13. The normalized spacial score (nSPS) is 15.6. The Balaban J connectivity index is 1.30. The van der Waals surface area contributed by atoms with E-state index in [0.717, 1.165) is 13.0 Å². The van der Waals surface area contributed by atoms with Crippen LogP contribution in [0.5, 0.6) is 11.5 Å². The van der Waals surface area contributed by atoms with Crippen molar-refractivity contribution in [3.05, 3.63) is 54.6 Å². The molecule has 0 fully saturated rings. The Labute approximate surface area is 150 Å². The molecule has 2 aromatic heterocycles. The first-order valence-corrected chi connectivity index (χ1v) is 8.49. The molecule has 26 heavy (non-hydrogen) atoms. The third-order valence-electron chi connectivity index (χ3n) is 4.05. The SMILES string of the molecule is O=C(CCCn1cccc1)Nc1n[nH]c([C@H]2COc3ccccc3O2)n1. The molecule has 1 atom stereocenters. The van der Waals surface area contributed by atoms with Crippen LogP contribution < -0.4 is 14.8 Å². The van der Waals surface area contributed by atoms with Gasteiger partial charge in [-0.25, -0.2) is 0 Å². The molecule has 0 aliphatic carbocycles. The van der Waals surface area contributed by atoms with Gasteiger partial charge in [0.2, 0.25) is 11.9 Å². The number of para-hydroxylation sites is 2. The molecule has 4 rings (SSSR count). The number of carbonyl (C=O) groups excluding carboxylic acids is 1. The Morgan fingerprint density at radius 3 is 2.88 bits per heavy atom. The van der Waals surface area contributed by atoms with Gasteiger partial charge in [-0.15, -0.1) is 5.10 Å². The van der Waals surface area contributed by atoms with E-state index in [1.807, 2.05) is 53.4 Å². The van der Waals surface area contributed by atoms with E-state index in [1.165, 1.54) is 0 Å². The minimum atomic E-state index is -0.392. The van der Waals surface area contributed by atoms with E-state index in [9.17, 15) is 4.79 Å². The summed E-state index contributed by atoms with van der Waals surface area (Å²) in [7, 11) is 0. The van der Waals surface area contributed by atoms with E-state index >= 15 is 0 Å². The zero-order valence-corrected chi connectivity index (χ0v) is 14.1. The number of amides is 1. The van der Waals surface area contributed by atoms with E-state index in [-0.39, 0.29) is 11.9 Å². The highest BCUT2D eigenvalue weighted by Gasteiger charge is 2.25. The molecule has 2 N–H and O–H groups in total. The second kappa shape index (κ2) is 7.30. The zero-order chi connectivity index (χ0) is 17.8. The summed E-state index contributed by atoms with van der Waals surface area (Å²) in [5.41, 5.74) is 0. The molecule has 0 unspecified atom stereocenters. The van der Waals surface area contributed by atoms with E-state index in [2.05, 4.69) is 20.5 Å². The molecule has 0 bridgehead atoms. The fourth-order valence-corrected chi connectivity index (χ4v) is 2.76. The molecule has 134 valence electrons. The summed E-state index contributed by atoms with van der Waals surface area (Å²) in [6, 6.07) is 11.4. The van der Waals surface area contributed by atoms with E-state index in [0.29, 0.717) is 30.4 Å². The van der Waals surface area contributed by atoms with Crippen LogP contribution in [0.4, 0.5) is 5.95 Å². The number of benzene rings is 1. The Hall–Kier alpha value is -3.29. The number of anilines is 1. The number of rotatable bonds is 6. The van der Waals surface area contributed by atoms with Crippen molar-refractivity contribution in [2.24, 2.45) is 0 Å². The quantitative estimate of drug-likeness (QED) is 0.710. The van der Waals surface area contributed by atoms with Gasteiger partial charge in [0.1, 0.15) is 6.61 Å². The van der Waals surface area contributed by atoms with Gasteiger partial charge < -0.3 is 14.0 Å². The summed E-state index contributed by atoms with van der Waals surface area (Å²) in [5, 5.41) is 9.54. The van der Waals surface area contributed by atoms with Gasteiger partial charge in [-0.3, -0.25) is 15.2 Å². The Kier molecular flexibility index (Phi) is 4.55. The summed E-state index contributed by atoms with van der Waals surface area (Å²) in [5.74, 6) is 2.01. The molecule has 0 radical (unpaired) electrons.